The molecule has 0 aliphatic rings. The fourth-order valence-electron chi connectivity index (χ4n) is 1.30. The summed E-state index contributed by atoms with van der Waals surface area (Å²) < 4.78 is 1.02. The molecule has 0 atom stereocenters. The van der Waals surface area contributed by atoms with Gasteiger partial charge in [-0.25, -0.2) is 0 Å². The molecule has 68 valence electrons. The van der Waals surface area contributed by atoms with Gasteiger partial charge in [0.2, 0.25) is 0 Å². The molecule has 2 aromatic rings. The van der Waals surface area contributed by atoms with Gasteiger partial charge in [-0.2, -0.15) is 0 Å². The summed E-state index contributed by atoms with van der Waals surface area (Å²) in [6.07, 6.45) is 0. The number of rotatable bonds is 1. The molecule has 0 radical (unpaired) electrons. The van der Waals surface area contributed by atoms with Crippen LogP contribution in [0.1, 0.15) is 4.88 Å². The fourth-order valence-corrected chi connectivity index (χ4v) is 2.64. The molecule has 1 heterocycles. The lowest BCUT2D eigenvalue weighted by Crippen LogP contribution is -1.88. The van der Waals surface area contributed by atoms with Gasteiger partial charge in [0.15, 0.2) is 0 Å². The number of thiophene rings is 1. The van der Waals surface area contributed by atoms with E-state index in [0.29, 0.717) is 10.7 Å². The van der Waals surface area contributed by atoms with Crippen molar-refractivity contribution in [1.29, 1.82) is 0 Å². The first-order chi connectivity index (χ1) is 6.24. The van der Waals surface area contributed by atoms with Crippen LogP contribution in [0.3, 0.4) is 0 Å². The molecule has 1 aromatic carbocycles. The number of aliphatic hydroxyl groups excluding tert-OH is 1. The summed E-state index contributed by atoms with van der Waals surface area (Å²) in [6.45, 7) is -0.0263. The van der Waals surface area contributed by atoms with E-state index < -0.39 is 0 Å². The Morgan fingerprint density at radius 1 is 1.46 bits per heavy atom. The summed E-state index contributed by atoms with van der Waals surface area (Å²) in [5.41, 5.74) is 6.42. The zero-order valence-electron chi connectivity index (χ0n) is 6.75. The van der Waals surface area contributed by atoms with E-state index in [1.54, 1.807) is 6.07 Å². The Labute approximate surface area is 84.6 Å². The van der Waals surface area contributed by atoms with Crippen LogP contribution in [0.25, 0.3) is 10.1 Å². The summed E-state index contributed by atoms with van der Waals surface area (Å²) in [6, 6.07) is 5.62. The van der Waals surface area contributed by atoms with E-state index in [1.807, 2.05) is 12.1 Å². The predicted molar refractivity (Wildman–Crippen MR) is 57.2 cm³/mol. The van der Waals surface area contributed by atoms with Gasteiger partial charge in [-0.05, 0) is 12.1 Å². The molecule has 2 rings (SSSR count). The maximum atomic E-state index is 9.00. The quantitative estimate of drug-likeness (QED) is 0.765. The molecule has 0 amide bonds. The third-order valence-electron chi connectivity index (χ3n) is 1.92. The summed E-state index contributed by atoms with van der Waals surface area (Å²) >= 11 is 7.46. The molecule has 0 saturated carbocycles. The van der Waals surface area contributed by atoms with Crippen molar-refractivity contribution in [3.8, 4) is 0 Å². The molecule has 4 heteroatoms. The van der Waals surface area contributed by atoms with Crippen LogP contribution >= 0.6 is 22.9 Å². The summed E-state index contributed by atoms with van der Waals surface area (Å²) in [4.78, 5) is 0.781. The average Bonchev–Trinajstić information content (AvgIpc) is 2.44. The zero-order chi connectivity index (χ0) is 9.42. The molecular weight excluding hydrogens is 206 g/mol. The molecule has 0 bridgehead atoms. The van der Waals surface area contributed by atoms with Crippen molar-refractivity contribution >= 4 is 38.7 Å². The Morgan fingerprint density at radius 2 is 2.23 bits per heavy atom. The second-order valence-electron chi connectivity index (χ2n) is 2.71. The average molecular weight is 214 g/mol. The van der Waals surface area contributed by atoms with E-state index >= 15 is 0 Å². The molecule has 0 aliphatic heterocycles. The van der Waals surface area contributed by atoms with Gasteiger partial charge in [0.25, 0.3) is 0 Å². The molecule has 0 fully saturated rings. The van der Waals surface area contributed by atoms with E-state index in [4.69, 9.17) is 22.4 Å². The number of anilines is 1. The van der Waals surface area contributed by atoms with Crippen LogP contribution in [0, 0.1) is 0 Å². The van der Waals surface area contributed by atoms with Crippen molar-refractivity contribution in [3.63, 3.8) is 0 Å². The van der Waals surface area contributed by atoms with Crippen LogP contribution in [-0.2, 0) is 6.61 Å². The maximum Gasteiger partial charge on any atom is 0.0795 e. The van der Waals surface area contributed by atoms with Crippen LogP contribution < -0.4 is 5.73 Å². The number of nitrogen functional groups attached to an aromatic ring is 1. The van der Waals surface area contributed by atoms with Crippen molar-refractivity contribution in [3.05, 3.63) is 28.1 Å². The summed E-state index contributed by atoms with van der Waals surface area (Å²) in [5, 5.41) is 10.5. The van der Waals surface area contributed by atoms with Crippen molar-refractivity contribution in [2.75, 3.05) is 5.73 Å². The van der Waals surface area contributed by atoms with E-state index in [0.717, 1.165) is 15.0 Å². The number of halogens is 1. The topological polar surface area (TPSA) is 46.2 Å². The first-order valence-electron chi connectivity index (χ1n) is 3.80. The van der Waals surface area contributed by atoms with E-state index in [2.05, 4.69) is 0 Å². The first-order valence-corrected chi connectivity index (χ1v) is 4.99. The van der Waals surface area contributed by atoms with Crippen LogP contribution in [0.15, 0.2) is 18.2 Å². The minimum absolute atomic E-state index is 0.0263. The van der Waals surface area contributed by atoms with Crippen molar-refractivity contribution in [1.82, 2.24) is 0 Å². The van der Waals surface area contributed by atoms with Crippen LogP contribution in [0.4, 0.5) is 5.69 Å². The van der Waals surface area contributed by atoms with Crippen molar-refractivity contribution in [2.24, 2.45) is 0 Å². The smallest absolute Gasteiger partial charge is 0.0795 e. The van der Waals surface area contributed by atoms with Crippen molar-refractivity contribution < 1.29 is 5.11 Å². The van der Waals surface area contributed by atoms with Gasteiger partial charge < -0.3 is 10.8 Å². The Balaban J connectivity index is 2.85. The van der Waals surface area contributed by atoms with E-state index in [1.165, 1.54) is 11.3 Å². The third kappa shape index (κ3) is 1.29. The van der Waals surface area contributed by atoms with E-state index in [-0.39, 0.29) is 6.61 Å². The monoisotopic (exact) mass is 213 g/mol. The van der Waals surface area contributed by atoms with Gasteiger partial charge in [-0.1, -0.05) is 17.7 Å². The highest BCUT2D eigenvalue weighted by Crippen LogP contribution is 2.37. The minimum Gasteiger partial charge on any atom is -0.397 e. The number of fused-ring (bicyclic) bond motifs is 1. The van der Waals surface area contributed by atoms with Crippen LogP contribution in [-0.4, -0.2) is 5.11 Å². The molecular formula is C9H8ClNOS. The molecule has 1 aromatic heterocycles. The molecule has 3 N–H and O–H groups in total. The van der Waals surface area contributed by atoms with Crippen LogP contribution in [0.2, 0.25) is 5.02 Å². The predicted octanol–water partition coefficient (Wildman–Crippen LogP) is 2.63. The van der Waals surface area contributed by atoms with Gasteiger partial charge >= 0.3 is 0 Å². The second kappa shape index (κ2) is 3.18. The normalized spacial score (nSPS) is 10.9. The fraction of sp³-hybridized carbons (Fsp3) is 0.111. The Kier molecular flexibility index (Phi) is 2.15. The van der Waals surface area contributed by atoms with Gasteiger partial charge in [0.1, 0.15) is 0 Å². The maximum absolute atomic E-state index is 9.00. The van der Waals surface area contributed by atoms with Gasteiger partial charge in [0, 0.05) is 10.1 Å². The van der Waals surface area contributed by atoms with Gasteiger partial charge in [-0.3, -0.25) is 0 Å². The standard InChI is InChI=1S/C9H8ClNOS/c10-5-2-1-3-6-8(5)9(11)7(4-12)13-6/h1-3,12H,4,11H2. The molecule has 0 saturated heterocycles. The lowest BCUT2D eigenvalue weighted by molar-refractivity contribution is 0.286. The van der Waals surface area contributed by atoms with E-state index in [9.17, 15) is 0 Å². The largest absolute Gasteiger partial charge is 0.397 e. The lowest BCUT2D eigenvalue weighted by Gasteiger charge is -1.95. The third-order valence-corrected chi connectivity index (χ3v) is 3.39. The highest BCUT2D eigenvalue weighted by Gasteiger charge is 2.10. The number of hydrogen-bond donors (Lipinski definition) is 2. The zero-order valence-corrected chi connectivity index (χ0v) is 8.32. The Hall–Kier alpha value is -0.770. The molecule has 0 spiro atoms. The number of aliphatic hydroxyl groups is 1. The number of hydrogen-bond acceptors (Lipinski definition) is 3. The molecule has 13 heavy (non-hydrogen) atoms. The highest BCUT2D eigenvalue weighted by molar-refractivity contribution is 7.19. The Morgan fingerprint density at radius 3 is 2.85 bits per heavy atom. The Bertz CT molecular complexity index is 452. The lowest BCUT2D eigenvalue weighted by atomic mass is 10.2. The van der Waals surface area contributed by atoms with Crippen LogP contribution in [0.5, 0.6) is 0 Å². The minimum atomic E-state index is -0.0263. The highest BCUT2D eigenvalue weighted by atomic mass is 35.5. The summed E-state index contributed by atoms with van der Waals surface area (Å²) in [5.74, 6) is 0. The van der Waals surface area contributed by atoms with Gasteiger partial charge in [-0.15, -0.1) is 11.3 Å². The number of benzene rings is 1. The molecule has 2 nitrogen and oxygen atoms in total. The van der Waals surface area contributed by atoms with Crippen molar-refractivity contribution in [2.45, 2.75) is 6.61 Å². The molecule has 0 unspecified atom stereocenters. The first kappa shape index (κ1) is 8.81. The summed E-state index contributed by atoms with van der Waals surface area (Å²) in [7, 11) is 0. The molecule has 0 aliphatic carbocycles. The van der Waals surface area contributed by atoms with Gasteiger partial charge in [0.05, 0.1) is 22.2 Å². The number of nitrogens with two attached hydrogens (primary N) is 1. The second-order valence-corrected chi connectivity index (χ2v) is 4.25. The SMILES string of the molecule is Nc1c(CO)sc2cccc(Cl)c12.